The van der Waals surface area contributed by atoms with Gasteiger partial charge in [-0.15, -0.1) is 0 Å². The summed E-state index contributed by atoms with van der Waals surface area (Å²) < 4.78 is 5.15. The molecular formula is C15H22ClNO. The van der Waals surface area contributed by atoms with Crippen LogP contribution in [0.2, 0.25) is 5.02 Å². The van der Waals surface area contributed by atoms with Crippen LogP contribution in [0.3, 0.4) is 0 Å². The molecule has 1 aromatic carbocycles. The summed E-state index contributed by atoms with van der Waals surface area (Å²) in [5.41, 5.74) is 1.21. The Balaban J connectivity index is 1.87. The van der Waals surface area contributed by atoms with E-state index in [1.807, 2.05) is 12.1 Å². The molecule has 1 saturated carbocycles. The van der Waals surface area contributed by atoms with Crippen LogP contribution in [0.15, 0.2) is 18.2 Å². The number of halogens is 1. The number of ether oxygens (including phenoxy) is 1. The second-order valence-corrected chi connectivity index (χ2v) is 5.59. The Labute approximate surface area is 115 Å². The van der Waals surface area contributed by atoms with Crippen LogP contribution >= 0.6 is 11.6 Å². The molecule has 100 valence electrons. The zero-order valence-corrected chi connectivity index (χ0v) is 12.0. The van der Waals surface area contributed by atoms with Gasteiger partial charge >= 0.3 is 0 Å². The van der Waals surface area contributed by atoms with Gasteiger partial charge in [-0.25, -0.2) is 0 Å². The first kappa shape index (κ1) is 13.7. The van der Waals surface area contributed by atoms with E-state index in [-0.39, 0.29) is 0 Å². The summed E-state index contributed by atoms with van der Waals surface area (Å²) in [6, 6.07) is 6.57. The Bertz CT molecular complexity index is 388. The second-order valence-electron chi connectivity index (χ2n) is 5.18. The molecule has 1 atom stereocenters. The Morgan fingerprint density at radius 2 is 2.11 bits per heavy atom. The molecule has 0 amide bonds. The Morgan fingerprint density at radius 3 is 2.72 bits per heavy atom. The largest absolute Gasteiger partial charge is 0.495 e. The predicted molar refractivity (Wildman–Crippen MR) is 76.3 cm³/mol. The maximum Gasteiger partial charge on any atom is 0.137 e. The van der Waals surface area contributed by atoms with Crippen LogP contribution in [0, 0.1) is 5.92 Å². The zero-order chi connectivity index (χ0) is 13.0. The van der Waals surface area contributed by atoms with Crippen LogP contribution < -0.4 is 10.1 Å². The molecule has 1 fully saturated rings. The van der Waals surface area contributed by atoms with Gasteiger partial charge in [-0.3, -0.25) is 0 Å². The van der Waals surface area contributed by atoms with E-state index in [9.17, 15) is 0 Å². The highest BCUT2D eigenvalue weighted by molar-refractivity contribution is 6.32. The van der Waals surface area contributed by atoms with Crippen molar-refractivity contribution in [2.24, 2.45) is 5.92 Å². The van der Waals surface area contributed by atoms with Crippen LogP contribution in [0.5, 0.6) is 5.75 Å². The summed E-state index contributed by atoms with van der Waals surface area (Å²) in [6.07, 6.45) is 5.53. The Kier molecular flexibility index (Phi) is 4.90. The van der Waals surface area contributed by atoms with Gasteiger partial charge in [-0.1, -0.05) is 30.5 Å². The number of hydrogen-bond donors (Lipinski definition) is 1. The number of rotatable bonds is 5. The third-order valence-corrected chi connectivity index (χ3v) is 4.25. The molecule has 18 heavy (non-hydrogen) atoms. The standard InChI is InChI=1S/C15H22ClNO/c1-11(13-5-3-4-6-13)17-10-12-7-8-15(18-2)14(16)9-12/h7-9,11,13,17H,3-6,10H2,1-2H3. The minimum Gasteiger partial charge on any atom is -0.495 e. The van der Waals surface area contributed by atoms with Crippen molar-refractivity contribution >= 4 is 11.6 Å². The lowest BCUT2D eigenvalue weighted by Crippen LogP contribution is -2.31. The fourth-order valence-corrected chi connectivity index (χ4v) is 3.00. The van der Waals surface area contributed by atoms with Crippen molar-refractivity contribution in [1.29, 1.82) is 0 Å². The number of hydrogen-bond acceptors (Lipinski definition) is 2. The monoisotopic (exact) mass is 267 g/mol. The highest BCUT2D eigenvalue weighted by atomic mass is 35.5. The third-order valence-electron chi connectivity index (χ3n) is 3.95. The number of nitrogens with one attached hydrogen (secondary N) is 1. The lowest BCUT2D eigenvalue weighted by Gasteiger charge is -2.20. The molecule has 0 bridgehead atoms. The number of methoxy groups -OCH3 is 1. The van der Waals surface area contributed by atoms with Crippen molar-refractivity contribution < 1.29 is 4.74 Å². The van der Waals surface area contributed by atoms with E-state index in [2.05, 4.69) is 18.3 Å². The fourth-order valence-electron chi connectivity index (χ4n) is 2.72. The molecule has 0 spiro atoms. The van der Waals surface area contributed by atoms with Gasteiger partial charge in [0.1, 0.15) is 5.75 Å². The third kappa shape index (κ3) is 3.39. The molecule has 1 aliphatic rings. The van der Waals surface area contributed by atoms with Crippen molar-refractivity contribution in [2.45, 2.75) is 45.2 Å². The number of benzene rings is 1. The minimum atomic E-state index is 0.591. The molecule has 2 rings (SSSR count). The quantitative estimate of drug-likeness (QED) is 0.870. The van der Waals surface area contributed by atoms with Crippen LogP contribution in [-0.2, 0) is 6.54 Å². The summed E-state index contributed by atoms with van der Waals surface area (Å²) in [7, 11) is 1.64. The van der Waals surface area contributed by atoms with Crippen LogP contribution in [0.4, 0.5) is 0 Å². The van der Waals surface area contributed by atoms with Gasteiger partial charge < -0.3 is 10.1 Å². The Hall–Kier alpha value is -0.730. The van der Waals surface area contributed by atoms with E-state index >= 15 is 0 Å². The van der Waals surface area contributed by atoms with Gasteiger partial charge in [0, 0.05) is 12.6 Å². The first-order valence-corrected chi connectivity index (χ1v) is 7.14. The van der Waals surface area contributed by atoms with Crippen molar-refractivity contribution in [1.82, 2.24) is 5.32 Å². The van der Waals surface area contributed by atoms with Gasteiger partial charge in [0.15, 0.2) is 0 Å². The lowest BCUT2D eigenvalue weighted by atomic mass is 9.99. The molecule has 0 aromatic heterocycles. The smallest absolute Gasteiger partial charge is 0.137 e. The highest BCUT2D eigenvalue weighted by Crippen LogP contribution is 2.28. The van der Waals surface area contributed by atoms with Crippen molar-refractivity contribution in [3.05, 3.63) is 28.8 Å². The lowest BCUT2D eigenvalue weighted by molar-refractivity contribution is 0.380. The van der Waals surface area contributed by atoms with Gasteiger partial charge in [-0.05, 0) is 43.4 Å². The molecule has 0 aliphatic heterocycles. The van der Waals surface area contributed by atoms with Gasteiger partial charge in [0.25, 0.3) is 0 Å². The minimum absolute atomic E-state index is 0.591. The van der Waals surface area contributed by atoms with Gasteiger partial charge in [-0.2, -0.15) is 0 Å². The average Bonchev–Trinajstić information content (AvgIpc) is 2.90. The molecule has 3 heteroatoms. The van der Waals surface area contributed by atoms with Crippen molar-refractivity contribution in [3.63, 3.8) is 0 Å². The summed E-state index contributed by atoms with van der Waals surface area (Å²) >= 11 is 6.12. The van der Waals surface area contributed by atoms with Crippen LogP contribution in [0.1, 0.15) is 38.2 Å². The average molecular weight is 268 g/mol. The molecule has 0 radical (unpaired) electrons. The first-order valence-electron chi connectivity index (χ1n) is 6.76. The van der Waals surface area contributed by atoms with E-state index < -0.39 is 0 Å². The van der Waals surface area contributed by atoms with Crippen LogP contribution in [-0.4, -0.2) is 13.2 Å². The summed E-state index contributed by atoms with van der Waals surface area (Å²) in [5, 5.41) is 4.29. The Morgan fingerprint density at radius 1 is 1.39 bits per heavy atom. The molecular weight excluding hydrogens is 246 g/mol. The van der Waals surface area contributed by atoms with Gasteiger partial charge in [0.05, 0.1) is 12.1 Å². The maximum atomic E-state index is 6.12. The molecule has 1 N–H and O–H groups in total. The van der Waals surface area contributed by atoms with Crippen LogP contribution in [0.25, 0.3) is 0 Å². The topological polar surface area (TPSA) is 21.3 Å². The molecule has 1 unspecified atom stereocenters. The molecule has 1 aromatic rings. The normalized spacial score (nSPS) is 17.9. The van der Waals surface area contributed by atoms with E-state index in [0.29, 0.717) is 11.1 Å². The molecule has 0 heterocycles. The highest BCUT2D eigenvalue weighted by Gasteiger charge is 2.20. The summed E-state index contributed by atoms with van der Waals surface area (Å²) in [4.78, 5) is 0. The SMILES string of the molecule is COc1ccc(CNC(C)C2CCCC2)cc1Cl. The van der Waals surface area contributed by atoms with Crippen molar-refractivity contribution in [2.75, 3.05) is 7.11 Å². The summed E-state index contributed by atoms with van der Waals surface area (Å²) in [6.45, 7) is 3.17. The van der Waals surface area contributed by atoms with E-state index in [1.165, 1.54) is 31.2 Å². The molecule has 1 aliphatic carbocycles. The van der Waals surface area contributed by atoms with Gasteiger partial charge in [0.2, 0.25) is 0 Å². The molecule has 0 saturated heterocycles. The molecule has 2 nitrogen and oxygen atoms in total. The van der Waals surface area contributed by atoms with E-state index in [4.69, 9.17) is 16.3 Å². The van der Waals surface area contributed by atoms with E-state index in [1.54, 1.807) is 7.11 Å². The van der Waals surface area contributed by atoms with E-state index in [0.717, 1.165) is 18.2 Å². The fraction of sp³-hybridized carbons (Fsp3) is 0.600. The zero-order valence-electron chi connectivity index (χ0n) is 11.2. The maximum absolute atomic E-state index is 6.12. The first-order chi connectivity index (χ1) is 8.70. The van der Waals surface area contributed by atoms with Crippen molar-refractivity contribution in [3.8, 4) is 5.75 Å². The second kappa shape index (κ2) is 6.44. The summed E-state index contributed by atoms with van der Waals surface area (Å²) in [5.74, 6) is 1.59. The predicted octanol–water partition coefficient (Wildman–Crippen LogP) is 4.02.